The Morgan fingerprint density at radius 2 is 2.28 bits per heavy atom. The number of likely N-dealkylation sites (N-methyl/N-ethyl adjacent to an activating group) is 1. The van der Waals surface area contributed by atoms with Crippen LogP contribution in [0.15, 0.2) is 18.2 Å². The number of rotatable bonds is 2. The Morgan fingerprint density at radius 3 is 3.06 bits per heavy atom. The molecule has 2 aliphatic heterocycles. The van der Waals surface area contributed by atoms with Gasteiger partial charge in [-0.2, -0.15) is 0 Å². The SMILES string of the molecule is CN1CCc2cc(C(=O)C3CCCCN3)ccc21. The molecule has 1 N–H and O–H groups in total. The van der Waals surface area contributed by atoms with Crippen LogP contribution in [0.25, 0.3) is 0 Å². The van der Waals surface area contributed by atoms with E-state index in [9.17, 15) is 4.79 Å². The molecule has 0 aromatic heterocycles. The summed E-state index contributed by atoms with van der Waals surface area (Å²) in [6, 6.07) is 6.21. The van der Waals surface area contributed by atoms with Crippen molar-refractivity contribution in [3.63, 3.8) is 0 Å². The van der Waals surface area contributed by atoms with Crippen LogP contribution in [0.1, 0.15) is 35.2 Å². The van der Waals surface area contributed by atoms with Crippen LogP contribution in [0.5, 0.6) is 0 Å². The van der Waals surface area contributed by atoms with Crippen molar-refractivity contribution in [1.82, 2.24) is 5.32 Å². The first kappa shape index (κ1) is 11.7. The molecule has 1 saturated heterocycles. The zero-order valence-corrected chi connectivity index (χ0v) is 10.9. The molecular formula is C15H20N2O. The number of hydrogen-bond acceptors (Lipinski definition) is 3. The highest BCUT2D eigenvalue weighted by Crippen LogP contribution is 2.28. The summed E-state index contributed by atoms with van der Waals surface area (Å²) in [7, 11) is 2.11. The van der Waals surface area contributed by atoms with E-state index < -0.39 is 0 Å². The third-order valence-corrected chi connectivity index (χ3v) is 4.12. The van der Waals surface area contributed by atoms with E-state index in [2.05, 4.69) is 29.4 Å². The van der Waals surface area contributed by atoms with Gasteiger partial charge in [0.25, 0.3) is 0 Å². The third kappa shape index (κ3) is 2.03. The van der Waals surface area contributed by atoms with Crippen molar-refractivity contribution in [2.75, 3.05) is 25.0 Å². The van der Waals surface area contributed by atoms with Gasteiger partial charge in [-0.1, -0.05) is 6.42 Å². The molecule has 1 aromatic rings. The maximum Gasteiger partial charge on any atom is 0.179 e. The van der Waals surface area contributed by atoms with Crippen molar-refractivity contribution >= 4 is 11.5 Å². The second-order valence-electron chi connectivity index (χ2n) is 5.38. The van der Waals surface area contributed by atoms with Gasteiger partial charge in [-0.05, 0) is 49.6 Å². The van der Waals surface area contributed by atoms with Crippen LogP contribution in [0, 0.1) is 0 Å². The zero-order valence-electron chi connectivity index (χ0n) is 10.9. The average molecular weight is 244 g/mol. The van der Waals surface area contributed by atoms with Crippen molar-refractivity contribution in [2.24, 2.45) is 0 Å². The van der Waals surface area contributed by atoms with E-state index in [0.717, 1.165) is 37.9 Å². The van der Waals surface area contributed by atoms with Gasteiger partial charge in [0, 0.05) is 24.8 Å². The molecule has 1 aromatic carbocycles. The number of Topliss-reactive ketones (excluding diaryl/α,β-unsaturated/α-hetero) is 1. The van der Waals surface area contributed by atoms with Gasteiger partial charge < -0.3 is 10.2 Å². The normalized spacial score (nSPS) is 22.9. The molecular weight excluding hydrogens is 224 g/mol. The highest BCUT2D eigenvalue weighted by atomic mass is 16.1. The average Bonchev–Trinajstić information content (AvgIpc) is 2.80. The van der Waals surface area contributed by atoms with Crippen molar-refractivity contribution in [3.8, 4) is 0 Å². The molecule has 3 nitrogen and oxygen atoms in total. The quantitative estimate of drug-likeness (QED) is 0.808. The summed E-state index contributed by atoms with van der Waals surface area (Å²) in [6.07, 6.45) is 4.40. The first-order chi connectivity index (χ1) is 8.75. The van der Waals surface area contributed by atoms with Crippen LogP contribution in [0.3, 0.4) is 0 Å². The lowest BCUT2D eigenvalue weighted by atomic mass is 9.95. The maximum atomic E-state index is 12.4. The Balaban J connectivity index is 1.82. The van der Waals surface area contributed by atoms with Gasteiger partial charge in [0.1, 0.15) is 0 Å². The van der Waals surface area contributed by atoms with Crippen LogP contribution in [-0.2, 0) is 6.42 Å². The van der Waals surface area contributed by atoms with Crippen LogP contribution in [0.2, 0.25) is 0 Å². The minimum atomic E-state index is 0.0379. The highest BCUT2D eigenvalue weighted by Gasteiger charge is 2.23. The zero-order chi connectivity index (χ0) is 12.5. The Hall–Kier alpha value is -1.35. The lowest BCUT2D eigenvalue weighted by Gasteiger charge is -2.22. The molecule has 0 amide bonds. The van der Waals surface area contributed by atoms with E-state index in [1.165, 1.54) is 17.7 Å². The van der Waals surface area contributed by atoms with Crippen LogP contribution < -0.4 is 10.2 Å². The molecule has 1 fully saturated rings. The molecule has 96 valence electrons. The van der Waals surface area contributed by atoms with Gasteiger partial charge >= 0.3 is 0 Å². The number of anilines is 1. The Labute approximate surface area is 108 Å². The third-order valence-electron chi connectivity index (χ3n) is 4.12. The van der Waals surface area contributed by atoms with E-state index >= 15 is 0 Å². The topological polar surface area (TPSA) is 32.3 Å². The molecule has 3 rings (SSSR count). The lowest BCUT2D eigenvalue weighted by Crippen LogP contribution is -2.40. The monoisotopic (exact) mass is 244 g/mol. The van der Waals surface area contributed by atoms with Gasteiger partial charge in [-0.25, -0.2) is 0 Å². The highest BCUT2D eigenvalue weighted by molar-refractivity contribution is 6.00. The molecule has 0 aliphatic carbocycles. The summed E-state index contributed by atoms with van der Waals surface area (Å²) < 4.78 is 0. The van der Waals surface area contributed by atoms with Crippen molar-refractivity contribution in [3.05, 3.63) is 29.3 Å². The van der Waals surface area contributed by atoms with E-state index in [-0.39, 0.29) is 11.8 Å². The van der Waals surface area contributed by atoms with Gasteiger partial charge in [0.15, 0.2) is 5.78 Å². The summed E-state index contributed by atoms with van der Waals surface area (Å²) in [5.41, 5.74) is 3.48. The first-order valence-electron chi connectivity index (χ1n) is 6.87. The minimum absolute atomic E-state index is 0.0379. The molecule has 0 saturated carbocycles. The fraction of sp³-hybridized carbons (Fsp3) is 0.533. The predicted octanol–water partition coefficient (Wildman–Crippen LogP) is 2.00. The Morgan fingerprint density at radius 1 is 1.39 bits per heavy atom. The number of hydrogen-bond donors (Lipinski definition) is 1. The summed E-state index contributed by atoms with van der Waals surface area (Å²) in [6.45, 7) is 2.04. The van der Waals surface area contributed by atoms with Gasteiger partial charge in [-0.3, -0.25) is 4.79 Å². The first-order valence-corrected chi connectivity index (χ1v) is 6.87. The smallest absolute Gasteiger partial charge is 0.179 e. The maximum absolute atomic E-state index is 12.4. The Bertz CT molecular complexity index is 464. The van der Waals surface area contributed by atoms with E-state index in [1.54, 1.807) is 0 Å². The van der Waals surface area contributed by atoms with E-state index in [4.69, 9.17) is 0 Å². The standard InChI is InChI=1S/C15H20N2O/c1-17-9-7-11-10-12(5-6-14(11)17)15(18)13-4-2-3-8-16-13/h5-6,10,13,16H,2-4,7-9H2,1H3. The van der Waals surface area contributed by atoms with Gasteiger partial charge in [-0.15, -0.1) is 0 Å². The van der Waals surface area contributed by atoms with Crippen molar-refractivity contribution in [1.29, 1.82) is 0 Å². The molecule has 1 unspecified atom stereocenters. The van der Waals surface area contributed by atoms with Crippen LogP contribution in [0.4, 0.5) is 5.69 Å². The lowest BCUT2D eigenvalue weighted by molar-refractivity contribution is 0.0927. The second kappa shape index (κ2) is 4.73. The number of ketones is 1. The number of piperidine rings is 1. The summed E-state index contributed by atoms with van der Waals surface area (Å²) in [5, 5.41) is 3.33. The van der Waals surface area contributed by atoms with E-state index in [1.807, 2.05) is 6.07 Å². The number of fused-ring (bicyclic) bond motifs is 1. The summed E-state index contributed by atoms with van der Waals surface area (Å²) in [4.78, 5) is 14.7. The fourth-order valence-corrected chi connectivity index (χ4v) is 3.00. The molecule has 2 aliphatic rings. The molecule has 1 atom stereocenters. The molecule has 0 radical (unpaired) electrons. The van der Waals surface area contributed by atoms with Crippen molar-refractivity contribution < 1.29 is 4.79 Å². The number of nitrogens with zero attached hydrogens (tertiary/aromatic N) is 1. The van der Waals surface area contributed by atoms with Crippen LogP contribution in [-0.4, -0.2) is 32.0 Å². The fourth-order valence-electron chi connectivity index (χ4n) is 3.00. The van der Waals surface area contributed by atoms with Gasteiger partial charge in [0.2, 0.25) is 0 Å². The summed E-state index contributed by atoms with van der Waals surface area (Å²) >= 11 is 0. The van der Waals surface area contributed by atoms with Crippen LogP contribution >= 0.6 is 0 Å². The van der Waals surface area contributed by atoms with E-state index in [0.29, 0.717) is 0 Å². The van der Waals surface area contributed by atoms with Gasteiger partial charge in [0.05, 0.1) is 6.04 Å². The minimum Gasteiger partial charge on any atom is -0.374 e. The molecule has 2 heterocycles. The number of carbonyl (C=O) groups is 1. The molecule has 0 bridgehead atoms. The molecule has 3 heteroatoms. The molecule has 18 heavy (non-hydrogen) atoms. The second-order valence-corrected chi connectivity index (χ2v) is 5.38. The predicted molar refractivity (Wildman–Crippen MR) is 73.4 cm³/mol. The Kier molecular flexibility index (Phi) is 3.08. The molecule has 0 spiro atoms. The van der Waals surface area contributed by atoms with Crippen molar-refractivity contribution in [2.45, 2.75) is 31.7 Å². The number of carbonyl (C=O) groups excluding carboxylic acids is 1. The summed E-state index contributed by atoms with van der Waals surface area (Å²) in [5.74, 6) is 0.270. The number of benzene rings is 1. The largest absolute Gasteiger partial charge is 0.374 e. The number of nitrogens with one attached hydrogen (secondary N) is 1.